The highest BCUT2D eigenvalue weighted by Gasteiger charge is 2.18. The van der Waals surface area contributed by atoms with Crippen LogP contribution in [-0.2, 0) is 14.3 Å². The van der Waals surface area contributed by atoms with Crippen molar-refractivity contribution in [3.63, 3.8) is 0 Å². The van der Waals surface area contributed by atoms with E-state index in [2.05, 4.69) is 0 Å². The number of aliphatic hydroxyl groups excluding tert-OH is 1. The van der Waals surface area contributed by atoms with Gasteiger partial charge in [0.1, 0.15) is 12.7 Å². The predicted octanol–water partition coefficient (Wildman–Crippen LogP) is 0.0894. The molecule has 1 aliphatic heterocycles. The topological polar surface area (TPSA) is 55.8 Å². The van der Waals surface area contributed by atoms with Crippen molar-refractivity contribution in [1.82, 2.24) is 0 Å². The molecule has 1 fully saturated rings. The quantitative estimate of drug-likeness (QED) is 0.616. The van der Waals surface area contributed by atoms with E-state index in [4.69, 9.17) is 14.6 Å². The molecule has 0 saturated carbocycles. The minimum absolute atomic E-state index is 0.0349. The Morgan fingerprint density at radius 1 is 1.83 bits per heavy atom. The smallest absolute Gasteiger partial charge is 0.334 e. The van der Waals surface area contributed by atoms with Gasteiger partial charge in [0.15, 0.2) is 0 Å². The zero-order valence-electron chi connectivity index (χ0n) is 7.16. The summed E-state index contributed by atoms with van der Waals surface area (Å²) in [7, 11) is 0. The number of ether oxygens (including phenoxy) is 2. The van der Waals surface area contributed by atoms with E-state index in [9.17, 15) is 4.79 Å². The molecule has 0 radical (unpaired) electrons. The molecule has 1 aliphatic rings. The summed E-state index contributed by atoms with van der Waals surface area (Å²) in [6, 6.07) is 0. The first-order valence-electron chi connectivity index (χ1n) is 4.16. The molecule has 0 aromatic heterocycles. The molecule has 0 aromatic rings. The summed E-state index contributed by atoms with van der Waals surface area (Å²) in [5.74, 6) is -0.578. The Morgan fingerprint density at radius 2 is 2.58 bits per heavy atom. The normalized spacial score (nSPS) is 25.3. The molecule has 1 N–H and O–H groups in total. The van der Waals surface area contributed by atoms with Crippen LogP contribution in [0.5, 0.6) is 0 Å². The van der Waals surface area contributed by atoms with Crippen molar-refractivity contribution in [1.29, 1.82) is 0 Å². The van der Waals surface area contributed by atoms with Crippen LogP contribution in [0.1, 0.15) is 19.8 Å². The van der Waals surface area contributed by atoms with E-state index < -0.39 is 12.1 Å². The molecule has 0 aromatic carbocycles. The highest BCUT2D eigenvalue weighted by molar-refractivity contribution is 5.73. The Balaban J connectivity index is 2.12. The van der Waals surface area contributed by atoms with Crippen molar-refractivity contribution in [2.45, 2.75) is 32.0 Å². The summed E-state index contributed by atoms with van der Waals surface area (Å²) in [6.45, 7) is 2.40. The average Bonchev–Trinajstić information content (AvgIpc) is 2.51. The minimum atomic E-state index is -1.04. The number of carbonyl (C=O) groups excluding carboxylic acids is 1. The van der Waals surface area contributed by atoms with Gasteiger partial charge in [-0.1, -0.05) is 0 Å². The van der Waals surface area contributed by atoms with Crippen molar-refractivity contribution < 1.29 is 19.4 Å². The van der Waals surface area contributed by atoms with Crippen molar-refractivity contribution in [2.75, 3.05) is 13.2 Å². The third-order valence-corrected chi connectivity index (χ3v) is 1.78. The third kappa shape index (κ3) is 2.79. The van der Waals surface area contributed by atoms with Gasteiger partial charge in [0.05, 0.1) is 6.10 Å². The summed E-state index contributed by atoms with van der Waals surface area (Å²) in [4.78, 5) is 10.8. The molecule has 1 rings (SSSR count). The first-order chi connectivity index (χ1) is 5.70. The van der Waals surface area contributed by atoms with Crippen LogP contribution in [0.2, 0.25) is 0 Å². The number of carbonyl (C=O) groups is 1. The zero-order chi connectivity index (χ0) is 8.97. The van der Waals surface area contributed by atoms with Crippen LogP contribution in [0.3, 0.4) is 0 Å². The van der Waals surface area contributed by atoms with Crippen LogP contribution in [0, 0.1) is 0 Å². The standard InChI is InChI=1S/C8H14O4/c1-6(9)8(10)12-5-7-3-2-4-11-7/h6-7,9H,2-5H2,1H3/t6-,7?/m1/s1. The average molecular weight is 174 g/mol. The highest BCUT2D eigenvalue weighted by Crippen LogP contribution is 2.11. The van der Waals surface area contributed by atoms with Crippen LogP contribution in [0.25, 0.3) is 0 Å². The summed E-state index contributed by atoms with van der Waals surface area (Å²) in [5.41, 5.74) is 0. The lowest BCUT2D eigenvalue weighted by Gasteiger charge is -2.10. The largest absolute Gasteiger partial charge is 0.461 e. The lowest BCUT2D eigenvalue weighted by molar-refractivity contribution is -0.155. The second kappa shape index (κ2) is 4.42. The lowest BCUT2D eigenvalue weighted by atomic mass is 10.2. The van der Waals surface area contributed by atoms with Crippen molar-refractivity contribution >= 4 is 5.97 Å². The lowest BCUT2D eigenvalue weighted by Crippen LogP contribution is -2.24. The molecule has 0 amide bonds. The van der Waals surface area contributed by atoms with Crippen LogP contribution in [0.15, 0.2) is 0 Å². The second-order valence-electron chi connectivity index (χ2n) is 2.94. The van der Waals surface area contributed by atoms with E-state index in [1.165, 1.54) is 6.92 Å². The third-order valence-electron chi connectivity index (χ3n) is 1.78. The fourth-order valence-corrected chi connectivity index (χ4v) is 1.07. The Bertz CT molecular complexity index is 149. The molecule has 2 atom stereocenters. The van der Waals surface area contributed by atoms with Crippen molar-refractivity contribution in [2.24, 2.45) is 0 Å². The molecule has 1 heterocycles. The van der Waals surface area contributed by atoms with Gasteiger partial charge in [-0.2, -0.15) is 0 Å². The van der Waals surface area contributed by atoms with Crippen LogP contribution >= 0.6 is 0 Å². The number of rotatable bonds is 3. The molecule has 4 nitrogen and oxygen atoms in total. The van der Waals surface area contributed by atoms with E-state index in [0.717, 1.165) is 19.4 Å². The van der Waals surface area contributed by atoms with E-state index >= 15 is 0 Å². The number of esters is 1. The molecule has 0 aliphatic carbocycles. The zero-order valence-corrected chi connectivity index (χ0v) is 7.16. The van der Waals surface area contributed by atoms with Gasteiger partial charge in [-0.25, -0.2) is 4.79 Å². The van der Waals surface area contributed by atoms with Gasteiger partial charge in [0.25, 0.3) is 0 Å². The SMILES string of the molecule is C[C@@H](O)C(=O)OCC1CCCO1. The monoisotopic (exact) mass is 174 g/mol. The molecular weight excluding hydrogens is 160 g/mol. The van der Waals surface area contributed by atoms with Gasteiger partial charge in [-0.3, -0.25) is 0 Å². The maximum atomic E-state index is 10.8. The molecule has 0 bridgehead atoms. The van der Waals surface area contributed by atoms with E-state index in [1.54, 1.807) is 0 Å². The van der Waals surface area contributed by atoms with Gasteiger partial charge < -0.3 is 14.6 Å². The summed E-state index contributed by atoms with van der Waals surface area (Å²) < 4.78 is 10.00. The molecule has 1 unspecified atom stereocenters. The Labute approximate surface area is 71.5 Å². The maximum Gasteiger partial charge on any atom is 0.334 e. The van der Waals surface area contributed by atoms with Crippen LogP contribution in [-0.4, -0.2) is 36.5 Å². The Hall–Kier alpha value is -0.610. The molecule has 70 valence electrons. The van der Waals surface area contributed by atoms with Crippen molar-refractivity contribution in [3.8, 4) is 0 Å². The summed E-state index contributed by atoms with van der Waals surface area (Å²) in [5, 5.41) is 8.78. The molecule has 1 saturated heterocycles. The van der Waals surface area contributed by atoms with Gasteiger partial charge in [0.2, 0.25) is 0 Å². The molecule has 4 heteroatoms. The van der Waals surface area contributed by atoms with Crippen LogP contribution < -0.4 is 0 Å². The van der Waals surface area contributed by atoms with Gasteiger partial charge in [0, 0.05) is 6.61 Å². The highest BCUT2D eigenvalue weighted by atomic mass is 16.6. The number of aliphatic hydroxyl groups is 1. The fraction of sp³-hybridized carbons (Fsp3) is 0.875. The molecule has 12 heavy (non-hydrogen) atoms. The second-order valence-corrected chi connectivity index (χ2v) is 2.94. The maximum absolute atomic E-state index is 10.8. The van der Waals surface area contributed by atoms with Gasteiger partial charge >= 0.3 is 5.97 Å². The number of hydrogen-bond acceptors (Lipinski definition) is 4. The predicted molar refractivity (Wildman–Crippen MR) is 41.6 cm³/mol. The first kappa shape index (κ1) is 9.48. The fourth-order valence-electron chi connectivity index (χ4n) is 1.07. The summed E-state index contributed by atoms with van der Waals surface area (Å²) in [6.07, 6.45) is 0.961. The van der Waals surface area contributed by atoms with E-state index in [-0.39, 0.29) is 12.7 Å². The number of hydrogen-bond donors (Lipinski definition) is 1. The van der Waals surface area contributed by atoms with E-state index in [1.807, 2.05) is 0 Å². The minimum Gasteiger partial charge on any atom is -0.461 e. The Kier molecular flexibility index (Phi) is 3.49. The van der Waals surface area contributed by atoms with E-state index in [0.29, 0.717) is 0 Å². The first-order valence-corrected chi connectivity index (χ1v) is 4.16. The van der Waals surface area contributed by atoms with Crippen LogP contribution in [0.4, 0.5) is 0 Å². The van der Waals surface area contributed by atoms with Crippen molar-refractivity contribution in [3.05, 3.63) is 0 Å². The molecular formula is C8H14O4. The molecule has 0 spiro atoms. The van der Waals surface area contributed by atoms with Gasteiger partial charge in [-0.15, -0.1) is 0 Å². The van der Waals surface area contributed by atoms with Gasteiger partial charge in [-0.05, 0) is 19.8 Å². The summed E-state index contributed by atoms with van der Waals surface area (Å²) >= 11 is 0. The Morgan fingerprint density at radius 3 is 3.08 bits per heavy atom.